The van der Waals surface area contributed by atoms with Gasteiger partial charge in [-0.1, -0.05) is 69.8 Å². The van der Waals surface area contributed by atoms with E-state index >= 15 is 0 Å². The van der Waals surface area contributed by atoms with Crippen molar-refractivity contribution < 1.29 is 9.90 Å². The van der Waals surface area contributed by atoms with Crippen molar-refractivity contribution in [3.05, 3.63) is 24.3 Å². The molecule has 0 aromatic rings. The number of allylic oxidation sites excluding steroid dienone is 4. The fraction of sp³-hybridized carbons (Fsp3) is 0.722. The molecule has 0 aliphatic heterocycles. The van der Waals surface area contributed by atoms with Gasteiger partial charge in [-0.2, -0.15) is 0 Å². The van der Waals surface area contributed by atoms with Crippen molar-refractivity contribution in [3.8, 4) is 0 Å². The van der Waals surface area contributed by atoms with Crippen LogP contribution in [0.1, 0.15) is 71.1 Å². The van der Waals surface area contributed by atoms with Crippen LogP contribution in [0.15, 0.2) is 24.3 Å². The number of hydrogen-bond acceptors (Lipinski definition) is 1. The van der Waals surface area contributed by atoms with Crippen molar-refractivity contribution in [1.82, 2.24) is 0 Å². The lowest BCUT2D eigenvalue weighted by atomic mass is 9.82. The molecule has 0 fully saturated rings. The molecule has 0 saturated carbocycles. The molecule has 0 aromatic carbocycles. The zero-order valence-electron chi connectivity index (χ0n) is 12.9. The molecule has 2 heteroatoms. The van der Waals surface area contributed by atoms with E-state index in [1.54, 1.807) is 0 Å². The average molecular weight is 278 g/mol. The molecule has 2 atom stereocenters. The van der Waals surface area contributed by atoms with Gasteiger partial charge >= 0.3 is 5.97 Å². The minimum atomic E-state index is -0.663. The van der Waals surface area contributed by atoms with Crippen molar-refractivity contribution in [2.45, 2.75) is 71.1 Å². The highest BCUT2D eigenvalue weighted by molar-refractivity contribution is 5.66. The lowest BCUT2D eigenvalue weighted by Gasteiger charge is -2.23. The lowest BCUT2D eigenvalue weighted by molar-refractivity contribution is -0.137. The first kappa shape index (κ1) is 17.0. The van der Waals surface area contributed by atoms with Gasteiger partial charge in [-0.3, -0.25) is 4.79 Å². The third-order valence-corrected chi connectivity index (χ3v) is 4.18. The van der Waals surface area contributed by atoms with E-state index < -0.39 is 5.97 Å². The van der Waals surface area contributed by atoms with Crippen LogP contribution < -0.4 is 0 Å². The molecule has 1 rings (SSSR count). The molecule has 0 heterocycles. The van der Waals surface area contributed by atoms with Gasteiger partial charge in [0.2, 0.25) is 0 Å². The second kappa shape index (κ2) is 10.7. The first-order valence-corrected chi connectivity index (χ1v) is 8.30. The van der Waals surface area contributed by atoms with Gasteiger partial charge in [-0.05, 0) is 31.1 Å². The van der Waals surface area contributed by atoms with Gasteiger partial charge in [-0.15, -0.1) is 0 Å². The van der Waals surface area contributed by atoms with E-state index in [4.69, 9.17) is 5.11 Å². The number of carboxylic acid groups (broad SMARTS) is 1. The summed E-state index contributed by atoms with van der Waals surface area (Å²) in [5.74, 6) is 0.830. The highest BCUT2D eigenvalue weighted by Crippen LogP contribution is 2.28. The van der Waals surface area contributed by atoms with E-state index in [-0.39, 0.29) is 0 Å². The lowest BCUT2D eigenvalue weighted by Crippen LogP contribution is -2.12. The van der Waals surface area contributed by atoms with E-state index in [1.807, 2.05) is 0 Å². The molecule has 1 N–H and O–H groups in total. The molecule has 0 spiro atoms. The molecule has 0 saturated heterocycles. The van der Waals surface area contributed by atoms with Crippen LogP contribution in [0.25, 0.3) is 0 Å². The maximum atomic E-state index is 10.4. The second-order valence-electron chi connectivity index (χ2n) is 5.94. The first-order valence-electron chi connectivity index (χ1n) is 8.30. The zero-order chi connectivity index (χ0) is 14.6. The van der Waals surface area contributed by atoms with Crippen LogP contribution in [0.2, 0.25) is 0 Å². The Morgan fingerprint density at radius 1 is 0.900 bits per heavy atom. The number of unbranched alkanes of at least 4 members (excludes halogenated alkanes) is 5. The van der Waals surface area contributed by atoms with Crippen molar-refractivity contribution in [2.24, 2.45) is 11.8 Å². The molecule has 0 bridgehead atoms. The number of carboxylic acids is 1. The standard InChI is InChI=1S/C18H30O2/c1-2-11-16-13-9-10-14-17(16)12-7-5-3-4-6-8-15-18(19)20/h9-10,13-14,16-17H,2-8,11-12,15H2,1H3,(H,19,20). The predicted octanol–water partition coefficient (Wildman–Crippen LogP) is 5.35. The molecular formula is C18H30O2. The predicted molar refractivity (Wildman–Crippen MR) is 84.7 cm³/mol. The maximum Gasteiger partial charge on any atom is 0.303 e. The summed E-state index contributed by atoms with van der Waals surface area (Å²) in [5.41, 5.74) is 0. The minimum absolute atomic E-state index is 0.331. The minimum Gasteiger partial charge on any atom is -0.481 e. The summed E-state index contributed by atoms with van der Waals surface area (Å²) in [4.78, 5) is 10.4. The van der Waals surface area contributed by atoms with Crippen molar-refractivity contribution in [1.29, 1.82) is 0 Å². The third-order valence-electron chi connectivity index (χ3n) is 4.18. The van der Waals surface area contributed by atoms with Gasteiger partial charge in [0.15, 0.2) is 0 Å². The van der Waals surface area contributed by atoms with E-state index in [2.05, 4.69) is 31.2 Å². The van der Waals surface area contributed by atoms with Crippen LogP contribution in [-0.2, 0) is 4.79 Å². The van der Waals surface area contributed by atoms with Crippen LogP contribution in [0.4, 0.5) is 0 Å². The van der Waals surface area contributed by atoms with Crippen molar-refractivity contribution >= 4 is 5.97 Å². The summed E-state index contributed by atoms with van der Waals surface area (Å²) < 4.78 is 0. The molecular weight excluding hydrogens is 248 g/mol. The number of rotatable bonds is 11. The number of aliphatic carboxylic acids is 1. The van der Waals surface area contributed by atoms with E-state index in [0.717, 1.165) is 24.7 Å². The summed E-state index contributed by atoms with van der Waals surface area (Å²) in [7, 11) is 0. The Hall–Kier alpha value is -1.05. The van der Waals surface area contributed by atoms with Crippen molar-refractivity contribution in [3.63, 3.8) is 0 Å². The Kier molecular flexibility index (Phi) is 9.10. The summed E-state index contributed by atoms with van der Waals surface area (Å²) in [6, 6.07) is 0. The third kappa shape index (κ3) is 7.52. The molecule has 114 valence electrons. The van der Waals surface area contributed by atoms with Gasteiger partial charge in [0.25, 0.3) is 0 Å². The van der Waals surface area contributed by atoms with Gasteiger partial charge < -0.3 is 5.11 Å². The molecule has 1 aliphatic carbocycles. The normalized spacial score (nSPS) is 21.2. The highest BCUT2D eigenvalue weighted by atomic mass is 16.4. The largest absolute Gasteiger partial charge is 0.481 e. The van der Waals surface area contributed by atoms with E-state index in [9.17, 15) is 4.79 Å². The molecule has 1 aliphatic rings. The molecule has 0 amide bonds. The molecule has 2 nitrogen and oxygen atoms in total. The molecule has 0 aromatic heterocycles. The summed E-state index contributed by atoms with van der Waals surface area (Å²) in [6.07, 6.45) is 20.3. The van der Waals surface area contributed by atoms with Gasteiger partial charge in [0.05, 0.1) is 0 Å². The van der Waals surface area contributed by atoms with Crippen LogP contribution in [0, 0.1) is 11.8 Å². The summed E-state index contributed by atoms with van der Waals surface area (Å²) in [6.45, 7) is 2.26. The zero-order valence-corrected chi connectivity index (χ0v) is 12.9. The SMILES string of the molecule is CCCC1C=CC=CC1CCCCCCCCC(=O)O. The monoisotopic (exact) mass is 278 g/mol. The Morgan fingerprint density at radius 3 is 2.05 bits per heavy atom. The van der Waals surface area contributed by atoms with Gasteiger partial charge in [0.1, 0.15) is 0 Å². The van der Waals surface area contributed by atoms with Crippen LogP contribution in [-0.4, -0.2) is 11.1 Å². The maximum absolute atomic E-state index is 10.4. The van der Waals surface area contributed by atoms with Gasteiger partial charge in [0, 0.05) is 6.42 Å². The number of hydrogen-bond donors (Lipinski definition) is 1. The fourth-order valence-corrected chi connectivity index (χ4v) is 3.02. The summed E-state index contributed by atoms with van der Waals surface area (Å²) >= 11 is 0. The van der Waals surface area contributed by atoms with E-state index in [0.29, 0.717) is 6.42 Å². The van der Waals surface area contributed by atoms with Crippen molar-refractivity contribution in [2.75, 3.05) is 0 Å². The Bertz CT molecular complexity index is 317. The quantitative estimate of drug-likeness (QED) is 0.517. The topological polar surface area (TPSA) is 37.3 Å². The average Bonchev–Trinajstić information content (AvgIpc) is 2.43. The highest BCUT2D eigenvalue weighted by Gasteiger charge is 2.16. The Balaban J connectivity index is 2.01. The first-order chi connectivity index (χ1) is 9.74. The van der Waals surface area contributed by atoms with Crippen LogP contribution in [0.3, 0.4) is 0 Å². The van der Waals surface area contributed by atoms with Crippen LogP contribution >= 0.6 is 0 Å². The van der Waals surface area contributed by atoms with E-state index in [1.165, 1.54) is 44.9 Å². The second-order valence-corrected chi connectivity index (χ2v) is 5.94. The molecule has 0 radical (unpaired) electrons. The molecule has 20 heavy (non-hydrogen) atoms. The molecule has 2 unspecified atom stereocenters. The Morgan fingerprint density at radius 2 is 1.45 bits per heavy atom. The van der Waals surface area contributed by atoms with Crippen LogP contribution in [0.5, 0.6) is 0 Å². The summed E-state index contributed by atoms with van der Waals surface area (Å²) in [5, 5.41) is 8.56. The van der Waals surface area contributed by atoms with Gasteiger partial charge in [-0.25, -0.2) is 0 Å². The Labute approximate surface area is 124 Å². The smallest absolute Gasteiger partial charge is 0.303 e. The number of carbonyl (C=O) groups is 1. The fourth-order valence-electron chi connectivity index (χ4n) is 3.02.